The Kier molecular flexibility index (Phi) is 6.20. The number of allylic oxidation sites excluding steroid dienone is 1. The summed E-state index contributed by atoms with van der Waals surface area (Å²) in [6, 6.07) is 13.7. The number of fused-ring (bicyclic) bond motifs is 1. The number of carbonyl (C=O) groups is 1. The average molecular weight is 464 g/mol. The molecule has 8 heteroatoms. The molecule has 0 bridgehead atoms. The van der Waals surface area contributed by atoms with Crippen LogP contribution in [0, 0.1) is 0 Å². The highest BCUT2D eigenvalue weighted by Crippen LogP contribution is 2.31. The SMILES string of the molecule is CCOC(=O)C1=C(C)N=c2sc(=Cc3ccc(N(C)C)cc3)c(=O)n2C1c1ccc(O)cc1. The van der Waals surface area contributed by atoms with E-state index >= 15 is 0 Å². The molecule has 1 unspecified atom stereocenters. The lowest BCUT2D eigenvalue weighted by Crippen LogP contribution is -2.39. The van der Waals surface area contributed by atoms with E-state index in [1.54, 1.807) is 26.0 Å². The van der Waals surface area contributed by atoms with Crippen LogP contribution in [0.1, 0.15) is 31.0 Å². The van der Waals surface area contributed by atoms with Crippen LogP contribution < -0.4 is 19.8 Å². The highest BCUT2D eigenvalue weighted by Gasteiger charge is 2.33. The molecule has 3 aromatic rings. The monoisotopic (exact) mass is 463 g/mol. The maximum atomic E-state index is 13.5. The number of aromatic nitrogens is 1. The van der Waals surface area contributed by atoms with Gasteiger partial charge in [0.1, 0.15) is 5.75 Å². The van der Waals surface area contributed by atoms with Crippen LogP contribution in [0.15, 0.2) is 69.6 Å². The Bertz CT molecular complexity index is 1400. The van der Waals surface area contributed by atoms with Gasteiger partial charge in [0, 0.05) is 19.8 Å². The van der Waals surface area contributed by atoms with E-state index in [0.29, 0.717) is 26.2 Å². The summed E-state index contributed by atoms with van der Waals surface area (Å²) in [6.07, 6.45) is 1.83. The number of ether oxygens (including phenoxy) is 1. The molecule has 170 valence electrons. The van der Waals surface area contributed by atoms with Gasteiger partial charge in [0.2, 0.25) is 0 Å². The zero-order chi connectivity index (χ0) is 23.7. The summed E-state index contributed by atoms with van der Waals surface area (Å²) in [7, 11) is 3.94. The van der Waals surface area contributed by atoms with Crippen LogP contribution in [-0.2, 0) is 9.53 Å². The molecule has 1 atom stereocenters. The number of hydrogen-bond acceptors (Lipinski definition) is 7. The molecular formula is C25H25N3O4S. The molecule has 1 aliphatic rings. The van der Waals surface area contributed by atoms with Crippen LogP contribution in [0.3, 0.4) is 0 Å². The van der Waals surface area contributed by atoms with Crippen molar-refractivity contribution in [2.24, 2.45) is 4.99 Å². The lowest BCUT2D eigenvalue weighted by atomic mass is 9.96. The van der Waals surface area contributed by atoms with Crippen LogP contribution >= 0.6 is 11.3 Å². The molecule has 1 aliphatic heterocycles. The van der Waals surface area contributed by atoms with E-state index in [4.69, 9.17) is 4.74 Å². The summed E-state index contributed by atoms with van der Waals surface area (Å²) in [6.45, 7) is 3.70. The first-order valence-corrected chi connectivity index (χ1v) is 11.4. The van der Waals surface area contributed by atoms with Gasteiger partial charge in [-0.15, -0.1) is 0 Å². The Morgan fingerprint density at radius 3 is 2.45 bits per heavy atom. The predicted octanol–water partition coefficient (Wildman–Crippen LogP) is 2.57. The third-order valence-electron chi connectivity index (χ3n) is 5.43. The smallest absolute Gasteiger partial charge is 0.338 e. The van der Waals surface area contributed by atoms with Crippen molar-refractivity contribution < 1.29 is 14.6 Å². The maximum Gasteiger partial charge on any atom is 0.338 e. The van der Waals surface area contributed by atoms with E-state index in [0.717, 1.165) is 11.3 Å². The molecule has 2 aromatic carbocycles. The van der Waals surface area contributed by atoms with Crippen molar-refractivity contribution in [1.29, 1.82) is 0 Å². The van der Waals surface area contributed by atoms with Crippen LogP contribution in [0.4, 0.5) is 5.69 Å². The van der Waals surface area contributed by atoms with E-state index in [2.05, 4.69) is 4.99 Å². The van der Waals surface area contributed by atoms with Crippen LogP contribution in [0.25, 0.3) is 6.08 Å². The molecule has 0 aliphatic carbocycles. The molecule has 2 heterocycles. The number of carbonyl (C=O) groups excluding carboxylic acids is 1. The Hall–Kier alpha value is -3.65. The number of esters is 1. The van der Waals surface area contributed by atoms with Crippen molar-refractivity contribution in [3.63, 3.8) is 0 Å². The van der Waals surface area contributed by atoms with Gasteiger partial charge >= 0.3 is 5.97 Å². The van der Waals surface area contributed by atoms with Gasteiger partial charge in [0.05, 0.1) is 28.5 Å². The number of phenols is 1. The first-order chi connectivity index (χ1) is 15.8. The van der Waals surface area contributed by atoms with Gasteiger partial charge < -0.3 is 14.7 Å². The number of nitrogens with zero attached hydrogens (tertiary/aromatic N) is 3. The summed E-state index contributed by atoms with van der Waals surface area (Å²) in [5, 5.41) is 9.74. The molecular weight excluding hydrogens is 438 g/mol. The second kappa shape index (κ2) is 9.07. The van der Waals surface area contributed by atoms with Gasteiger partial charge in [-0.2, -0.15) is 0 Å². The summed E-state index contributed by atoms with van der Waals surface area (Å²) in [4.78, 5) is 33.5. The Morgan fingerprint density at radius 2 is 1.85 bits per heavy atom. The molecule has 0 saturated heterocycles. The Labute approximate surface area is 195 Å². The molecule has 7 nitrogen and oxygen atoms in total. The van der Waals surface area contributed by atoms with Gasteiger partial charge in [0.25, 0.3) is 5.56 Å². The molecule has 0 radical (unpaired) electrons. The van der Waals surface area contributed by atoms with Crippen molar-refractivity contribution >= 4 is 29.1 Å². The van der Waals surface area contributed by atoms with Crippen molar-refractivity contribution in [3.05, 3.63) is 90.6 Å². The van der Waals surface area contributed by atoms with Crippen LogP contribution in [-0.4, -0.2) is 36.3 Å². The second-order valence-corrected chi connectivity index (χ2v) is 8.89. The molecule has 1 N–H and O–H groups in total. The van der Waals surface area contributed by atoms with E-state index < -0.39 is 12.0 Å². The topological polar surface area (TPSA) is 84.1 Å². The maximum absolute atomic E-state index is 13.5. The van der Waals surface area contributed by atoms with Gasteiger partial charge in [-0.05, 0) is 55.3 Å². The average Bonchev–Trinajstić information content (AvgIpc) is 3.08. The van der Waals surface area contributed by atoms with E-state index in [-0.39, 0.29) is 17.9 Å². The molecule has 0 spiro atoms. The number of thiazole rings is 1. The highest BCUT2D eigenvalue weighted by molar-refractivity contribution is 7.07. The summed E-state index contributed by atoms with van der Waals surface area (Å²) < 4.78 is 7.34. The van der Waals surface area contributed by atoms with Crippen molar-refractivity contribution in [2.75, 3.05) is 25.6 Å². The number of phenolic OH excluding ortho intramolecular Hbond substituents is 1. The fraction of sp³-hybridized carbons (Fsp3) is 0.240. The minimum absolute atomic E-state index is 0.103. The first-order valence-electron chi connectivity index (χ1n) is 10.6. The predicted molar refractivity (Wildman–Crippen MR) is 129 cm³/mol. The molecule has 0 saturated carbocycles. The quantitative estimate of drug-likeness (QED) is 0.588. The minimum Gasteiger partial charge on any atom is -0.508 e. The van der Waals surface area contributed by atoms with Gasteiger partial charge in [-0.1, -0.05) is 35.6 Å². The van der Waals surface area contributed by atoms with E-state index in [1.807, 2.05) is 49.3 Å². The lowest BCUT2D eigenvalue weighted by molar-refractivity contribution is -0.139. The first kappa shape index (κ1) is 22.5. The second-order valence-electron chi connectivity index (χ2n) is 7.88. The van der Waals surface area contributed by atoms with Crippen molar-refractivity contribution in [3.8, 4) is 5.75 Å². The van der Waals surface area contributed by atoms with Crippen LogP contribution in [0.2, 0.25) is 0 Å². The molecule has 1 aromatic heterocycles. The largest absolute Gasteiger partial charge is 0.508 e. The minimum atomic E-state index is -0.695. The number of aromatic hydroxyl groups is 1. The normalized spacial score (nSPS) is 15.8. The summed E-state index contributed by atoms with van der Waals surface area (Å²) in [5.41, 5.74) is 3.24. The van der Waals surface area contributed by atoms with Crippen molar-refractivity contribution in [1.82, 2.24) is 4.57 Å². The van der Waals surface area contributed by atoms with Gasteiger partial charge in [-0.25, -0.2) is 9.79 Å². The summed E-state index contributed by atoms with van der Waals surface area (Å²) in [5.74, 6) is -0.406. The standard InChI is InChI=1S/C25H25N3O4S/c1-5-32-24(31)21-15(2)26-25-28(22(21)17-8-12-19(29)13-9-17)23(30)20(33-25)14-16-6-10-18(11-7-16)27(3)4/h6-14,22,29H,5H2,1-4H3. The summed E-state index contributed by atoms with van der Waals surface area (Å²) >= 11 is 1.28. The molecule has 0 amide bonds. The third kappa shape index (κ3) is 4.34. The third-order valence-corrected chi connectivity index (χ3v) is 6.42. The highest BCUT2D eigenvalue weighted by atomic mass is 32.1. The number of rotatable bonds is 5. The zero-order valence-corrected chi connectivity index (χ0v) is 19.7. The fourth-order valence-corrected chi connectivity index (χ4v) is 4.83. The Morgan fingerprint density at radius 1 is 1.18 bits per heavy atom. The van der Waals surface area contributed by atoms with Gasteiger partial charge in [0.15, 0.2) is 4.80 Å². The van der Waals surface area contributed by atoms with E-state index in [1.165, 1.54) is 28.0 Å². The van der Waals surface area contributed by atoms with E-state index in [9.17, 15) is 14.7 Å². The van der Waals surface area contributed by atoms with Crippen LogP contribution in [0.5, 0.6) is 5.75 Å². The molecule has 0 fully saturated rings. The zero-order valence-electron chi connectivity index (χ0n) is 18.9. The molecule has 33 heavy (non-hydrogen) atoms. The number of anilines is 1. The Balaban J connectivity index is 1.90. The number of benzene rings is 2. The fourth-order valence-electron chi connectivity index (χ4n) is 3.78. The number of hydrogen-bond donors (Lipinski definition) is 1. The molecule has 4 rings (SSSR count). The van der Waals surface area contributed by atoms with Gasteiger partial charge in [-0.3, -0.25) is 9.36 Å². The van der Waals surface area contributed by atoms with Crippen molar-refractivity contribution in [2.45, 2.75) is 19.9 Å². The lowest BCUT2D eigenvalue weighted by Gasteiger charge is -2.24.